The highest BCUT2D eigenvalue weighted by Crippen LogP contribution is 2.44. The van der Waals surface area contributed by atoms with Gasteiger partial charge in [0.2, 0.25) is 0 Å². The minimum Gasteiger partial charge on any atom is -0.493 e. The van der Waals surface area contributed by atoms with Gasteiger partial charge in [-0.2, -0.15) is 0 Å². The summed E-state index contributed by atoms with van der Waals surface area (Å²) in [5, 5.41) is 0. The smallest absolute Gasteiger partial charge is 0.305 e. The van der Waals surface area contributed by atoms with Crippen molar-refractivity contribution in [2.45, 2.75) is 51.0 Å². The van der Waals surface area contributed by atoms with Gasteiger partial charge in [-0.1, -0.05) is 36.4 Å². The number of esters is 1. The SMILES string of the molecule is COCCOCCOCCN(CCCC(=O)OC)c1cc(COc2cc3c(cc2OC)C(=O)N2c4ccccc4CC2CN3C)cc(COc2cc3c(cc2OC)C(=O)N2c4ccccc4CC2CN3C)c1. The molecule has 0 aromatic heterocycles. The molecule has 16 heteroatoms. The van der Waals surface area contributed by atoms with Gasteiger partial charge in [-0.3, -0.25) is 14.4 Å². The largest absolute Gasteiger partial charge is 0.493 e. The molecule has 4 heterocycles. The zero-order valence-electron chi connectivity index (χ0n) is 42.1. The Morgan fingerprint density at radius 3 is 1.58 bits per heavy atom. The van der Waals surface area contributed by atoms with Gasteiger partial charge >= 0.3 is 5.97 Å². The van der Waals surface area contributed by atoms with Crippen molar-refractivity contribution in [3.8, 4) is 23.0 Å². The fraction of sp³-hybridized carbons (Fsp3) is 0.411. The zero-order chi connectivity index (χ0) is 50.3. The number of hydrogen-bond acceptors (Lipinski definition) is 14. The molecule has 2 unspecified atom stereocenters. The third-order valence-electron chi connectivity index (χ3n) is 13.9. The van der Waals surface area contributed by atoms with Gasteiger partial charge in [-0.15, -0.1) is 0 Å². The second-order valence-corrected chi connectivity index (χ2v) is 18.6. The van der Waals surface area contributed by atoms with Crippen molar-refractivity contribution in [3.63, 3.8) is 0 Å². The summed E-state index contributed by atoms with van der Waals surface area (Å²) in [5.41, 5.74) is 9.39. The summed E-state index contributed by atoms with van der Waals surface area (Å²) < 4.78 is 46.9. The van der Waals surface area contributed by atoms with Crippen molar-refractivity contribution in [1.29, 1.82) is 0 Å². The zero-order valence-corrected chi connectivity index (χ0v) is 42.1. The first-order valence-electron chi connectivity index (χ1n) is 24.6. The number of fused-ring (bicyclic) bond motifs is 8. The van der Waals surface area contributed by atoms with Crippen LogP contribution in [0.1, 0.15) is 55.8 Å². The highest BCUT2D eigenvalue weighted by atomic mass is 16.5. The van der Waals surface area contributed by atoms with Gasteiger partial charge in [0, 0.05) is 83.0 Å². The van der Waals surface area contributed by atoms with Gasteiger partial charge in [0.25, 0.3) is 11.8 Å². The molecule has 4 aliphatic rings. The van der Waals surface area contributed by atoms with E-state index in [1.165, 1.54) is 7.11 Å². The molecule has 4 aliphatic heterocycles. The molecule has 5 aromatic rings. The molecule has 5 aromatic carbocycles. The summed E-state index contributed by atoms with van der Waals surface area (Å²) in [4.78, 5) is 51.2. The third kappa shape index (κ3) is 10.6. The van der Waals surface area contributed by atoms with E-state index in [-0.39, 0.29) is 49.5 Å². The number of carbonyl (C=O) groups excluding carboxylic acids is 3. The van der Waals surface area contributed by atoms with E-state index in [9.17, 15) is 14.4 Å². The first-order chi connectivity index (χ1) is 35.1. The predicted molar refractivity (Wildman–Crippen MR) is 276 cm³/mol. The van der Waals surface area contributed by atoms with Gasteiger partial charge < -0.3 is 62.4 Å². The molecule has 380 valence electrons. The van der Waals surface area contributed by atoms with Crippen LogP contribution in [-0.4, -0.2) is 132 Å². The number of hydrogen-bond donors (Lipinski definition) is 0. The van der Waals surface area contributed by atoms with Crippen LogP contribution in [0.15, 0.2) is 91.0 Å². The van der Waals surface area contributed by atoms with E-state index in [0.717, 1.165) is 63.5 Å². The van der Waals surface area contributed by atoms with Crippen LogP contribution < -0.4 is 43.4 Å². The molecule has 0 N–H and O–H groups in total. The fourth-order valence-electron chi connectivity index (χ4n) is 10.4. The lowest BCUT2D eigenvalue weighted by atomic mass is 10.1. The van der Waals surface area contributed by atoms with E-state index in [1.54, 1.807) is 33.5 Å². The van der Waals surface area contributed by atoms with Crippen LogP contribution in [0, 0.1) is 0 Å². The van der Waals surface area contributed by atoms with E-state index in [2.05, 4.69) is 39.0 Å². The van der Waals surface area contributed by atoms with Crippen molar-refractivity contribution < 1.29 is 52.3 Å². The van der Waals surface area contributed by atoms with Crippen LogP contribution in [0.3, 0.4) is 0 Å². The maximum Gasteiger partial charge on any atom is 0.305 e. The molecule has 9 rings (SSSR count). The average Bonchev–Trinajstić information content (AvgIpc) is 3.90. The molecule has 0 saturated heterocycles. The average molecular weight is 984 g/mol. The Morgan fingerprint density at radius 1 is 0.583 bits per heavy atom. The number of amides is 2. The van der Waals surface area contributed by atoms with E-state index < -0.39 is 0 Å². The number of likely N-dealkylation sites (N-methyl/N-ethyl adjacent to an activating group) is 2. The molecule has 0 aliphatic carbocycles. The highest BCUT2D eigenvalue weighted by molar-refractivity contribution is 6.13. The maximum absolute atomic E-state index is 14.3. The molecular formula is C56H65N5O11. The normalized spacial score (nSPS) is 16.5. The number of rotatable bonds is 22. The maximum atomic E-state index is 14.3. The highest BCUT2D eigenvalue weighted by Gasteiger charge is 2.41. The molecule has 16 nitrogen and oxygen atoms in total. The van der Waals surface area contributed by atoms with Crippen molar-refractivity contribution in [3.05, 3.63) is 124 Å². The molecule has 2 atom stereocenters. The number of carbonyl (C=O) groups is 3. The summed E-state index contributed by atoms with van der Waals surface area (Å²) in [6.45, 7) is 4.91. The predicted octanol–water partition coefficient (Wildman–Crippen LogP) is 7.34. The van der Waals surface area contributed by atoms with Crippen LogP contribution in [0.4, 0.5) is 28.4 Å². The lowest BCUT2D eigenvalue weighted by Crippen LogP contribution is -2.41. The first kappa shape index (κ1) is 50.0. The fourth-order valence-corrected chi connectivity index (χ4v) is 10.4. The van der Waals surface area contributed by atoms with Gasteiger partial charge in [-0.25, -0.2) is 0 Å². The first-order valence-corrected chi connectivity index (χ1v) is 24.6. The Labute approximate surface area is 421 Å². The van der Waals surface area contributed by atoms with Crippen LogP contribution in [0.5, 0.6) is 23.0 Å². The minimum atomic E-state index is -0.282. The summed E-state index contributed by atoms with van der Waals surface area (Å²) in [6.07, 6.45) is 2.36. The minimum absolute atomic E-state index is 0.00807. The second kappa shape index (κ2) is 22.6. The van der Waals surface area contributed by atoms with Gasteiger partial charge in [0.1, 0.15) is 13.2 Å². The molecule has 0 spiro atoms. The van der Waals surface area contributed by atoms with E-state index in [0.29, 0.717) is 99.8 Å². The van der Waals surface area contributed by atoms with E-state index in [4.69, 9.17) is 37.9 Å². The van der Waals surface area contributed by atoms with E-state index in [1.807, 2.05) is 78.5 Å². The monoisotopic (exact) mass is 983 g/mol. The summed E-state index contributed by atoms with van der Waals surface area (Å²) in [5.74, 6) is 1.45. The molecular weight excluding hydrogens is 919 g/mol. The van der Waals surface area contributed by atoms with Crippen LogP contribution in [0.2, 0.25) is 0 Å². The molecule has 72 heavy (non-hydrogen) atoms. The van der Waals surface area contributed by atoms with Crippen molar-refractivity contribution >= 4 is 46.2 Å². The Kier molecular flexibility index (Phi) is 15.7. The summed E-state index contributed by atoms with van der Waals surface area (Å²) in [6, 6.07) is 29.7. The van der Waals surface area contributed by atoms with Gasteiger partial charge in [0.15, 0.2) is 23.0 Å². The number of methoxy groups -OCH3 is 4. The quantitative estimate of drug-likeness (QED) is 0.0504. The van der Waals surface area contributed by atoms with Crippen LogP contribution in [0.25, 0.3) is 0 Å². The lowest BCUT2D eigenvalue weighted by Gasteiger charge is -2.26. The molecule has 2 amide bonds. The number of benzene rings is 5. The van der Waals surface area contributed by atoms with Gasteiger partial charge in [-0.05, 0) is 84.0 Å². The Balaban J connectivity index is 1.00. The number of anilines is 5. The van der Waals surface area contributed by atoms with Crippen molar-refractivity contribution in [1.82, 2.24) is 0 Å². The standard InChI is InChI=1S/C56H65N5O11/c1-57-33-42-27-39-12-7-9-14-46(39)60(42)55(63)44-29-50(66-4)52(31-48(44)57)71-35-37-24-38(26-41(25-37)59(17-11-16-54(62)68-6)18-19-69-22-23-70-21-20-65-3)36-72-53-32-49-45(30-51(53)67-5)56(64)61-43(34-58(49)2)28-40-13-8-10-15-47(40)61/h7-10,12-15,24-26,29-32,42-43H,11,16-23,27-28,33-36H2,1-6H3. The third-order valence-corrected chi connectivity index (χ3v) is 13.9. The molecule has 0 radical (unpaired) electrons. The van der Waals surface area contributed by atoms with Crippen LogP contribution in [-0.2, 0) is 49.8 Å². The lowest BCUT2D eigenvalue weighted by molar-refractivity contribution is -0.140. The Morgan fingerprint density at radius 2 is 1.08 bits per heavy atom. The number of ether oxygens (including phenoxy) is 8. The Hall–Kier alpha value is -7.01. The molecule has 0 bridgehead atoms. The van der Waals surface area contributed by atoms with Crippen molar-refractivity contribution in [2.75, 3.05) is 126 Å². The molecule has 0 fully saturated rings. The summed E-state index contributed by atoms with van der Waals surface area (Å²) in [7, 11) is 10.2. The summed E-state index contributed by atoms with van der Waals surface area (Å²) >= 11 is 0. The number of para-hydroxylation sites is 2. The molecule has 0 saturated carbocycles. The van der Waals surface area contributed by atoms with Crippen molar-refractivity contribution in [2.24, 2.45) is 0 Å². The number of nitrogens with zero attached hydrogens (tertiary/aromatic N) is 5. The van der Waals surface area contributed by atoms with Gasteiger partial charge in [0.05, 0.1) is 88.9 Å². The van der Waals surface area contributed by atoms with Crippen LogP contribution >= 0.6 is 0 Å². The topological polar surface area (TPSA) is 141 Å². The Bertz CT molecular complexity index is 2610. The van der Waals surface area contributed by atoms with E-state index >= 15 is 0 Å². The second-order valence-electron chi connectivity index (χ2n) is 18.6.